The standard InChI is InChI=1S/C11H12F3N/c12-9-3-1-2-8(10(9)13)11(14,6-15)7-4-5-7/h1-3,7H,4-6,15H2. The summed E-state index contributed by atoms with van der Waals surface area (Å²) in [5.41, 5.74) is 3.18. The smallest absolute Gasteiger partial charge is 0.165 e. The van der Waals surface area contributed by atoms with Gasteiger partial charge in [0, 0.05) is 12.1 Å². The molecule has 0 heterocycles. The van der Waals surface area contributed by atoms with Crippen LogP contribution in [0.3, 0.4) is 0 Å². The van der Waals surface area contributed by atoms with Crippen molar-refractivity contribution in [2.24, 2.45) is 11.7 Å². The van der Waals surface area contributed by atoms with E-state index in [4.69, 9.17) is 5.73 Å². The Labute approximate surface area is 86.1 Å². The van der Waals surface area contributed by atoms with Gasteiger partial charge in [0.2, 0.25) is 0 Å². The summed E-state index contributed by atoms with van der Waals surface area (Å²) in [7, 11) is 0. The van der Waals surface area contributed by atoms with Crippen LogP contribution in [0.4, 0.5) is 13.2 Å². The van der Waals surface area contributed by atoms with E-state index in [1.54, 1.807) is 0 Å². The van der Waals surface area contributed by atoms with Crippen molar-refractivity contribution >= 4 is 0 Å². The SMILES string of the molecule is NCC(F)(c1cccc(F)c1F)C1CC1. The van der Waals surface area contributed by atoms with Gasteiger partial charge in [0.25, 0.3) is 0 Å². The van der Waals surface area contributed by atoms with Gasteiger partial charge in [-0.25, -0.2) is 13.2 Å². The van der Waals surface area contributed by atoms with E-state index in [-0.39, 0.29) is 18.0 Å². The van der Waals surface area contributed by atoms with Crippen molar-refractivity contribution in [3.8, 4) is 0 Å². The zero-order valence-electron chi connectivity index (χ0n) is 8.14. The minimum absolute atomic E-state index is 0.243. The number of halogens is 3. The molecule has 0 aromatic heterocycles. The van der Waals surface area contributed by atoms with Crippen LogP contribution in [-0.4, -0.2) is 6.54 Å². The molecule has 2 N–H and O–H groups in total. The van der Waals surface area contributed by atoms with E-state index in [2.05, 4.69) is 0 Å². The van der Waals surface area contributed by atoms with E-state index < -0.39 is 17.3 Å². The summed E-state index contributed by atoms with van der Waals surface area (Å²) in [6.45, 7) is -0.308. The summed E-state index contributed by atoms with van der Waals surface area (Å²) in [6, 6.07) is 3.55. The highest BCUT2D eigenvalue weighted by atomic mass is 19.2. The van der Waals surface area contributed by atoms with E-state index in [1.165, 1.54) is 12.1 Å². The van der Waals surface area contributed by atoms with Crippen LogP contribution < -0.4 is 5.73 Å². The Balaban J connectivity index is 2.46. The molecule has 0 amide bonds. The zero-order valence-corrected chi connectivity index (χ0v) is 8.14. The number of hydrogen-bond donors (Lipinski definition) is 1. The van der Waals surface area contributed by atoms with Crippen molar-refractivity contribution in [3.63, 3.8) is 0 Å². The van der Waals surface area contributed by atoms with Crippen molar-refractivity contribution in [2.45, 2.75) is 18.5 Å². The third-order valence-electron chi connectivity index (χ3n) is 2.92. The van der Waals surface area contributed by atoms with Crippen LogP contribution in [0, 0.1) is 17.6 Å². The summed E-state index contributed by atoms with van der Waals surface area (Å²) in [5, 5.41) is 0. The lowest BCUT2D eigenvalue weighted by Gasteiger charge is -2.24. The molecule has 0 spiro atoms. The summed E-state index contributed by atoms with van der Waals surface area (Å²) in [5.74, 6) is -2.40. The van der Waals surface area contributed by atoms with Gasteiger partial charge in [0.15, 0.2) is 17.3 Å². The molecule has 0 bridgehead atoms. The van der Waals surface area contributed by atoms with Gasteiger partial charge in [-0.1, -0.05) is 12.1 Å². The van der Waals surface area contributed by atoms with Crippen LogP contribution in [0.2, 0.25) is 0 Å². The van der Waals surface area contributed by atoms with Gasteiger partial charge in [0.05, 0.1) is 0 Å². The second-order valence-corrected chi connectivity index (χ2v) is 3.94. The molecule has 0 radical (unpaired) electrons. The molecule has 0 saturated heterocycles. The number of benzene rings is 1. The fourth-order valence-corrected chi connectivity index (χ4v) is 1.86. The molecule has 1 aromatic carbocycles. The van der Waals surface area contributed by atoms with Crippen molar-refractivity contribution in [2.75, 3.05) is 6.54 Å². The Morgan fingerprint density at radius 2 is 2.00 bits per heavy atom. The van der Waals surface area contributed by atoms with Crippen molar-refractivity contribution in [1.29, 1.82) is 0 Å². The highest BCUT2D eigenvalue weighted by Gasteiger charge is 2.47. The van der Waals surface area contributed by atoms with Gasteiger partial charge in [-0.2, -0.15) is 0 Å². The van der Waals surface area contributed by atoms with Crippen LogP contribution in [0.5, 0.6) is 0 Å². The molecular formula is C11H12F3N. The summed E-state index contributed by atoms with van der Waals surface area (Å²) in [6.07, 6.45) is 1.37. The highest BCUT2D eigenvalue weighted by Crippen LogP contribution is 2.48. The largest absolute Gasteiger partial charge is 0.327 e. The molecule has 1 aromatic rings. The first kappa shape index (κ1) is 10.5. The van der Waals surface area contributed by atoms with Crippen LogP contribution in [-0.2, 0) is 5.67 Å². The van der Waals surface area contributed by atoms with Crippen molar-refractivity contribution in [1.82, 2.24) is 0 Å². The molecule has 1 unspecified atom stereocenters. The first-order valence-corrected chi connectivity index (χ1v) is 4.93. The molecular weight excluding hydrogens is 203 g/mol. The second-order valence-electron chi connectivity index (χ2n) is 3.94. The fraction of sp³-hybridized carbons (Fsp3) is 0.455. The molecule has 1 nitrogen and oxygen atoms in total. The molecule has 4 heteroatoms. The Kier molecular flexibility index (Phi) is 2.46. The average molecular weight is 215 g/mol. The van der Waals surface area contributed by atoms with E-state index in [0.29, 0.717) is 12.8 Å². The monoisotopic (exact) mass is 215 g/mol. The molecule has 1 aliphatic carbocycles. The van der Waals surface area contributed by atoms with E-state index >= 15 is 0 Å². The number of rotatable bonds is 3. The van der Waals surface area contributed by atoms with Crippen molar-refractivity contribution < 1.29 is 13.2 Å². The topological polar surface area (TPSA) is 26.0 Å². The summed E-state index contributed by atoms with van der Waals surface area (Å²) < 4.78 is 40.7. The maximum absolute atomic E-state index is 14.3. The molecule has 1 fully saturated rings. The van der Waals surface area contributed by atoms with Gasteiger partial charge in [-0.15, -0.1) is 0 Å². The zero-order chi connectivity index (χ0) is 11.1. The van der Waals surface area contributed by atoms with Gasteiger partial charge in [-0.3, -0.25) is 0 Å². The van der Waals surface area contributed by atoms with E-state index in [9.17, 15) is 13.2 Å². The Hall–Kier alpha value is -1.03. The molecule has 2 rings (SSSR count). The van der Waals surface area contributed by atoms with Crippen LogP contribution in [0.25, 0.3) is 0 Å². The van der Waals surface area contributed by atoms with Gasteiger partial charge >= 0.3 is 0 Å². The molecule has 1 atom stereocenters. The third kappa shape index (κ3) is 1.63. The van der Waals surface area contributed by atoms with Gasteiger partial charge < -0.3 is 5.73 Å². The van der Waals surface area contributed by atoms with E-state index in [1.807, 2.05) is 0 Å². The lowest BCUT2D eigenvalue weighted by atomic mass is 9.90. The van der Waals surface area contributed by atoms with Crippen molar-refractivity contribution in [3.05, 3.63) is 35.4 Å². The third-order valence-corrected chi connectivity index (χ3v) is 2.92. The van der Waals surface area contributed by atoms with E-state index in [0.717, 1.165) is 6.07 Å². The fourth-order valence-electron chi connectivity index (χ4n) is 1.86. The lowest BCUT2D eigenvalue weighted by molar-refractivity contribution is 0.136. The number of nitrogens with two attached hydrogens (primary N) is 1. The molecule has 1 aliphatic rings. The molecule has 1 saturated carbocycles. The second kappa shape index (κ2) is 3.52. The number of hydrogen-bond acceptors (Lipinski definition) is 1. The predicted octanol–water partition coefficient (Wildman–Crippen LogP) is 2.50. The summed E-state index contributed by atoms with van der Waals surface area (Å²) >= 11 is 0. The van der Waals surface area contributed by atoms with Crippen LogP contribution in [0.15, 0.2) is 18.2 Å². The Bertz CT molecular complexity index is 376. The average Bonchev–Trinajstić information content (AvgIpc) is 3.05. The Morgan fingerprint density at radius 1 is 1.33 bits per heavy atom. The quantitative estimate of drug-likeness (QED) is 0.823. The van der Waals surface area contributed by atoms with Gasteiger partial charge in [-0.05, 0) is 24.8 Å². The Morgan fingerprint density at radius 3 is 2.53 bits per heavy atom. The molecule has 82 valence electrons. The molecule has 15 heavy (non-hydrogen) atoms. The maximum Gasteiger partial charge on any atom is 0.165 e. The highest BCUT2D eigenvalue weighted by molar-refractivity contribution is 5.28. The first-order valence-electron chi connectivity index (χ1n) is 4.93. The minimum atomic E-state index is -1.91. The van der Waals surface area contributed by atoms with Crippen LogP contribution in [0.1, 0.15) is 18.4 Å². The lowest BCUT2D eigenvalue weighted by Crippen LogP contribution is -2.33. The first-order chi connectivity index (χ1) is 7.09. The minimum Gasteiger partial charge on any atom is -0.327 e. The van der Waals surface area contributed by atoms with Crippen LogP contribution >= 0.6 is 0 Å². The maximum atomic E-state index is 14.3. The predicted molar refractivity (Wildman–Crippen MR) is 50.9 cm³/mol. The molecule has 0 aliphatic heterocycles. The normalized spacial score (nSPS) is 20.0. The number of alkyl halides is 1. The van der Waals surface area contributed by atoms with Gasteiger partial charge in [0.1, 0.15) is 0 Å². The summed E-state index contributed by atoms with van der Waals surface area (Å²) in [4.78, 5) is 0.